The SMILES string of the molecule is Nc1c(Cl)c(Cl)c(Cl)c(Oc2cc(Cl)cc(Oc3c(Cl)c(N)c(Cl)c(Cl)c3Cl)c2)c1Cl. The van der Waals surface area contributed by atoms with E-state index in [1.807, 2.05) is 0 Å². The lowest BCUT2D eigenvalue weighted by atomic mass is 10.2. The van der Waals surface area contributed by atoms with Crippen LogP contribution in [0.1, 0.15) is 0 Å². The first-order valence-corrected chi connectivity index (χ1v) is 11.2. The van der Waals surface area contributed by atoms with Crippen LogP contribution in [0.4, 0.5) is 11.4 Å². The van der Waals surface area contributed by atoms with Crippen LogP contribution in [0.15, 0.2) is 18.2 Å². The molecule has 0 fully saturated rings. The van der Waals surface area contributed by atoms with Crippen LogP contribution in [0.25, 0.3) is 0 Å². The van der Waals surface area contributed by atoms with Gasteiger partial charge in [-0.1, -0.05) is 104 Å². The summed E-state index contributed by atoms with van der Waals surface area (Å²) >= 11 is 55.1. The summed E-state index contributed by atoms with van der Waals surface area (Å²) in [6.07, 6.45) is 0. The summed E-state index contributed by atoms with van der Waals surface area (Å²) in [5, 5.41) is 0.0187. The van der Waals surface area contributed by atoms with Gasteiger partial charge in [0.25, 0.3) is 0 Å². The fraction of sp³-hybridized carbons (Fsp3) is 0. The molecule has 0 saturated heterocycles. The Bertz CT molecular complexity index is 1070. The molecule has 0 aliphatic carbocycles. The maximum Gasteiger partial charge on any atom is 0.168 e. The van der Waals surface area contributed by atoms with E-state index in [9.17, 15) is 0 Å². The molecule has 3 aromatic carbocycles. The fourth-order valence-electron chi connectivity index (χ4n) is 2.33. The van der Waals surface area contributed by atoms with E-state index in [0.29, 0.717) is 0 Å². The summed E-state index contributed by atoms with van der Waals surface area (Å²) in [6.45, 7) is 0. The lowest BCUT2D eigenvalue weighted by Gasteiger charge is -2.16. The van der Waals surface area contributed by atoms with Crippen LogP contribution < -0.4 is 20.9 Å². The van der Waals surface area contributed by atoms with E-state index in [-0.39, 0.29) is 79.6 Å². The van der Waals surface area contributed by atoms with E-state index in [0.717, 1.165) is 0 Å². The lowest BCUT2D eigenvalue weighted by molar-refractivity contribution is 0.461. The van der Waals surface area contributed by atoms with Gasteiger partial charge in [-0.2, -0.15) is 0 Å². The molecule has 0 saturated carbocycles. The number of benzene rings is 3. The van der Waals surface area contributed by atoms with Crippen LogP contribution in [-0.4, -0.2) is 0 Å². The third kappa shape index (κ3) is 4.89. The minimum absolute atomic E-state index is 0.000577. The molecule has 0 spiro atoms. The highest BCUT2D eigenvalue weighted by Gasteiger charge is 2.23. The first-order chi connectivity index (χ1) is 14.4. The van der Waals surface area contributed by atoms with Gasteiger partial charge in [0, 0.05) is 11.1 Å². The van der Waals surface area contributed by atoms with Crippen LogP contribution in [-0.2, 0) is 0 Å². The Balaban J connectivity index is 2.04. The molecule has 0 bridgehead atoms. The Morgan fingerprint density at radius 2 is 0.806 bits per heavy atom. The summed E-state index contributed by atoms with van der Waals surface area (Å²) < 4.78 is 11.5. The van der Waals surface area contributed by atoms with Gasteiger partial charge in [0.05, 0.1) is 31.5 Å². The molecular weight excluding hydrogens is 595 g/mol. The molecule has 31 heavy (non-hydrogen) atoms. The molecule has 3 aromatic rings. The number of nitrogen functional groups attached to an aromatic ring is 2. The zero-order valence-corrected chi connectivity index (χ0v) is 21.4. The van der Waals surface area contributed by atoms with Gasteiger partial charge >= 0.3 is 0 Å². The van der Waals surface area contributed by atoms with Crippen molar-refractivity contribution in [3.63, 3.8) is 0 Å². The monoisotopic (exact) mass is 598 g/mol. The average molecular weight is 602 g/mol. The third-order valence-corrected chi connectivity index (χ3v) is 7.42. The molecule has 0 aliphatic heterocycles. The van der Waals surface area contributed by atoms with Crippen LogP contribution >= 0.6 is 104 Å². The van der Waals surface area contributed by atoms with Crippen molar-refractivity contribution in [2.24, 2.45) is 0 Å². The Hall–Kier alpha value is -0.530. The number of hydrogen-bond acceptors (Lipinski definition) is 4. The van der Waals surface area contributed by atoms with Crippen molar-refractivity contribution < 1.29 is 9.47 Å². The molecule has 0 aromatic heterocycles. The van der Waals surface area contributed by atoms with E-state index < -0.39 is 0 Å². The Morgan fingerprint density at radius 3 is 1.16 bits per heavy atom. The molecule has 0 atom stereocenters. The maximum atomic E-state index is 6.21. The number of anilines is 2. The number of nitrogens with two attached hydrogens (primary N) is 2. The number of hydrogen-bond donors (Lipinski definition) is 2. The normalized spacial score (nSPS) is 11.0. The van der Waals surface area contributed by atoms with E-state index in [2.05, 4.69) is 0 Å². The summed E-state index contributed by atoms with van der Waals surface area (Å²) in [4.78, 5) is 0. The summed E-state index contributed by atoms with van der Waals surface area (Å²) in [6, 6.07) is 4.38. The van der Waals surface area contributed by atoms with Gasteiger partial charge in [-0.05, 0) is 12.1 Å². The predicted molar refractivity (Wildman–Crippen MR) is 133 cm³/mol. The molecular formula is C18H7Cl9N2O2. The predicted octanol–water partition coefficient (Wildman–Crippen LogP) is 10.3. The number of rotatable bonds is 4. The highest BCUT2D eigenvalue weighted by molar-refractivity contribution is 6.53. The second-order valence-corrected chi connectivity index (χ2v) is 9.28. The quantitative estimate of drug-likeness (QED) is 0.177. The van der Waals surface area contributed by atoms with Crippen LogP contribution in [0.3, 0.4) is 0 Å². The van der Waals surface area contributed by atoms with Crippen molar-refractivity contribution >= 4 is 116 Å². The Kier molecular flexibility index (Phi) is 7.90. The van der Waals surface area contributed by atoms with Crippen molar-refractivity contribution in [3.8, 4) is 23.0 Å². The van der Waals surface area contributed by atoms with Gasteiger partial charge in [0.15, 0.2) is 11.5 Å². The molecule has 0 amide bonds. The molecule has 3 rings (SSSR count). The third-order valence-electron chi connectivity index (χ3n) is 3.80. The number of ether oxygens (including phenoxy) is 2. The van der Waals surface area contributed by atoms with Gasteiger partial charge in [-0.15, -0.1) is 0 Å². The van der Waals surface area contributed by atoms with Gasteiger partial charge < -0.3 is 20.9 Å². The van der Waals surface area contributed by atoms with Crippen molar-refractivity contribution in [2.75, 3.05) is 11.5 Å². The molecule has 0 radical (unpaired) electrons. The number of halogens is 9. The smallest absolute Gasteiger partial charge is 0.168 e. The van der Waals surface area contributed by atoms with Crippen molar-refractivity contribution in [3.05, 3.63) is 63.4 Å². The second-order valence-electron chi connectivity index (χ2n) is 5.82. The van der Waals surface area contributed by atoms with Gasteiger partial charge in [0.1, 0.15) is 31.6 Å². The van der Waals surface area contributed by atoms with Gasteiger partial charge in [0.2, 0.25) is 0 Å². The maximum absolute atomic E-state index is 6.21. The lowest BCUT2D eigenvalue weighted by Crippen LogP contribution is -1.96. The summed E-state index contributed by atoms with van der Waals surface area (Å²) in [5.74, 6) is 0.283. The standard InChI is InChI=1S/C18H7Cl9N2O2/c19-4-1-5(30-17-11(24)7(20)9(22)15(28)13(17)26)3-6(2-4)31-18-12(25)8(21)10(23)16(29)14(18)27/h1-3H,28-29H2. The van der Waals surface area contributed by atoms with Gasteiger partial charge in [-0.3, -0.25) is 0 Å². The first kappa shape index (κ1) is 25.1. The second kappa shape index (κ2) is 9.76. The molecule has 0 unspecified atom stereocenters. The molecule has 4 N–H and O–H groups in total. The van der Waals surface area contributed by atoms with E-state index in [4.69, 9.17) is 125 Å². The van der Waals surface area contributed by atoms with Crippen LogP contribution in [0, 0.1) is 0 Å². The minimum Gasteiger partial charge on any atom is -0.454 e. The Labute approximate surface area is 221 Å². The van der Waals surface area contributed by atoms with Crippen LogP contribution in [0.2, 0.25) is 45.2 Å². The summed E-state index contributed by atoms with van der Waals surface area (Å²) in [7, 11) is 0. The highest BCUT2D eigenvalue weighted by Crippen LogP contribution is 2.51. The zero-order valence-electron chi connectivity index (χ0n) is 14.6. The van der Waals surface area contributed by atoms with Crippen molar-refractivity contribution in [2.45, 2.75) is 0 Å². The molecule has 13 heteroatoms. The largest absolute Gasteiger partial charge is 0.454 e. The first-order valence-electron chi connectivity index (χ1n) is 7.83. The van der Waals surface area contributed by atoms with Crippen molar-refractivity contribution in [1.82, 2.24) is 0 Å². The van der Waals surface area contributed by atoms with Gasteiger partial charge in [-0.25, -0.2) is 0 Å². The highest BCUT2D eigenvalue weighted by atomic mass is 35.5. The topological polar surface area (TPSA) is 70.5 Å². The van der Waals surface area contributed by atoms with Crippen LogP contribution in [0.5, 0.6) is 23.0 Å². The van der Waals surface area contributed by atoms with E-state index >= 15 is 0 Å². The van der Waals surface area contributed by atoms with E-state index in [1.54, 1.807) is 0 Å². The average Bonchev–Trinajstić information content (AvgIpc) is 2.74. The molecule has 0 aliphatic rings. The van der Waals surface area contributed by atoms with E-state index in [1.165, 1.54) is 18.2 Å². The Morgan fingerprint density at radius 1 is 0.452 bits per heavy atom. The molecule has 164 valence electrons. The summed E-state index contributed by atoms with van der Waals surface area (Å²) in [5.41, 5.74) is 11.7. The zero-order chi connectivity index (χ0) is 23.2. The fourth-order valence-corrected chi connectivity index (χ4v) is 4.50. The minimum atomic E-state index is -0.0448. The molecule has 4 nitrogen and oxygen atoms in total. The van der Waals surface area contributed by atoms with Crippen molar-refractivity contribution in [1.29, 1.82) is 0 Å². The molecule has 0 heterocycles.